The Hall–Kier alpha value is -3.19. The van der Waals surface area contributed by atoms with Crippen molar-refractivity contribution in [3.05, 3.63) is 53.6 Å². The molecule has 242 valence electrons. The van der Waals surface area contributed by atoms with Crippen molar-refractivity contribution in [3.63, 3.8) is 0 Å². The quantitative estimate of drug-likeness (QED) is 0.204. The van der Waals surface area contributed by atoms with E-state index in [9.17, 15) is 14.4 Å². The first-order valence-electron chi connectivity index (χ1n) is 15.9. The van der Waals surface area contributed by atoms with Gasteiger partial charge in [-0.15, -0.1) is 0 Å². The van der Waals surface area contributed by atoms with Gasteiger partial charge < -0.3 is 19.5 Å². The second-order valence-electron chi connectivity index (χ2n) is 15.9. The lowest BCUT2D eigenvalue weighted by molar-refractivity contribution is -0.137. The zero-order chi connectivity index (χ0) is 32.7. The van der Waals surface area contributed by atoms with Gasteiger partial charge in [0.15, 0.2) is 0 Å². The first-order chi connectivity index (χ1) is 20.3. The molecule has 2 atom stereocenters. The SMILES string of the molecule is CC(C)(C)CC(=O)Oc1ccc(CCC2CCC(Cc3ccc(OC(=O)CC(C)(C)C)cc3OC(=O)CC(C)(C)C)N2)cc1. The summed E-state index contributed by atoms with van der Waals surface area (Å²) in [7, 11) is 0. The van der Waals surface area contributed by atoms with E-state index in [0.717, 1.165) is 31.2 Å². The molecule has 1 heterocycles. The topological polar surface area (TPSA) is 90.9 Å². The van der Waals surface area contributed by atoms with Crippen molar-refractivity contribution < 1.29 is 28.6 Å². The maximum Gasteiger partial charge on any atom is 0.311 e. The smallest absolute Gasteiger partial charge is 0.311 e. The van der Waals surface area contributed by atoms with Gasteiger partial charge in [0.2, 0.25) is 0 Å². The van der Waals surface area contributed by atoms with Crippen LogP contribution in [0.5, 0.6) is 17.2 Å². The lowest BCUT2D eigenvalue weighted by Crippen LogP contribution is -2.31. The van der Waals surface area contributed by atoms with E-state index in [1.807, 2.05) is 92.6 Å². The monoisotopic (exact) mass is 607 g/mol. The number of nitrogens with one attached hydrogen (secondary N) is 1. The molecule has 0 aromatic heterocycles. The Morgan fingerprint density at radius 1 is 0.659 bits per heavy atom. The standard InChI is InChI=1S/C37H53NO6/c1-35(2,3)22-32(39)42-29-17-11-25(12-18-29)10-14-27-15-16-28(38-27)20-26-13-19-30(43-33(40)23-36(4,5)6)21-31(26)44-34(41)24-37(7,8)9/h11-13,17-19,21,27-28,38H,10,14-16,20,22-24H2,1-9H3. The van der Waals surface area contributed by atoms with Crippen LogP contribution in [-0.4, -0.2) is 30.0 Å². The minimum atomic E-state index is -0.311. The van der Waals surface area contributed by atoms with Crippen LogP contribution in [0.25, 0.3) is 0 Å². The lowest BCUT2D eigenvalue weighted by Gasteiger charge is -2.20. The Balaban J connectivity index is 1.58. The summed E-state index contributed by atoms with van der Waals surface area (Å²) < 4.78 is 16.9. The minimum absolute atomic E-state index is 0.106. The van der Waals surface area contributed by atoms with Gasteiger partial charge >= 0.3 is 17.9 Å². The first kappa shape index (κ1) is 35.3. The molecule has 1 saturated heterocycles. The van der Waals surface area contributed by atoms with E-state index >= 15 is 0 Å². The second kappa shape index (κ2) is 14.7. The average molecular weight is 608 g/mol. The number of aryl methyl sites for hydroxylation is 1. The maximum atomic E-state index is 12.8. The van der Waals surface area contributed by atoms with Crippen LogP contribution in [0, 0.1) is 16.2 Å². The molecule has 2 unspecified atom stereocenters. The van der Waals surface area contributed by atoms with Gasteiger partial charge in [0.05, 0.1) is 19.3 Å². The molecule has 2 aromatic carbocycles. The predicted octanol–water partition coefficient (Wildman–Crippen LogP) is 8.01. The van der Waals surface area contributed by atoms with Gasteiger partial charge in [-0.05, 0) is 77.7 Å². The largest absolute Gasteiger partial charge is 0.427 e. The highest BCUT2D eigenvalue weighted by molar-refractivity contribution is 5.75. The van der Waals surface area contributed by atoms with Crippen LogP contribution in [0.1, 0.15) is 112 Å². The van der Waals surface area contributed by atoms with E-state index < -0.39 is 0 Å². The maximum absolute atomic E-state index is 12.8. The Kier molecular flexibility index (Phi) is 11.8. The number of hydrogen-bond donors (Lipinski definition) is 1. The van der Waals surface area contributed by atoms with Gasteiger partial charge in [-0.3, -0.25) is 14.4 Å². The summed E-state index contributed by atoms with van der Waals surface area (Å²) >= 11 is 0. The Bertz CT molecular complexity index is 1280. The van der Waals surface area contributed by atoms with Gasteiger partial charge in [-0.1, -0.05) is 80.5 Å². The number of carbonyl (C=O) groups is 3. The van der Waals surface area contributed by atoms with Crippen LogP contribution in [-0.2, 0) is 27.2 Å². The van der Waals surface area contributed by atoms with Gasteiger partial charge in [-0.2, -0.15) is 0 Å². The Morgan fingerprint density at radius 2 is 1.14 bits per heavy atom. The molecule has 1 N–H and O–H groups in total. The molecule has 44 heavy (non-hydrogen) atoms. The number of rotatable bonds is 11. The third-order valence-electron chi connectivity index (χ3n) is 7.26. The van der Waals surface area contributed by atoms with E-state index in [2.05, 4.69) is 5.32 Å². The molecular weight excluding hydrogens is 554 g/mol. The van der Waals surface area contributed by atoms with Crippen molar-refractivity contribution in [1.82, 2.24) is 5.32 Å². The lowest BCUT2D eigenvalue weighted by atomic mass is 9.92. The Labute approximate surface area is 264 Å². The van der Waals surface area contributed by atoms with Crippen LogP contribution in [0.2, 0.25) is 0 Å². The van der Waals surface area contributed by atoms with Crippen molar-refractivity contribution in [1.29, 1.82) is 0 Å². The van der Waals surface area contributed by atoms with Crippen LogP contribution in [0.15, 0.2) is 42.5 Å². The molecule has 0 amide bonds. The van der Waals surface area contributed by atoms with Crippen molar-refractivity contribution in [3.8, 4) is 17.2 Å². The first-order valence-corrected chi connectivity index (χ1v) is 15.9. The van der Waals surface area contributed by atoms with E-state index in [0.29, 0.717) is 36.1 Å². The fraction of sp³-hybridized carbons (Fsp3) is 0.595. The molecule has 0 radical (unpaired) electrons. The molecule has 2 aromatic rings. The van der Waals surface area contributed by atoms with Crippen LogP contribution in [0.3, 0.4) is 0 Å². The molecule has 0 aliphatic carbocycles. The molecule has 0 spiro atoms. The number of hydrogen-bond acceptors (Lipinski definition) is 7. The zero-order valence-electron chi connectivity index (χ0n) is 28.3. The molecule has 1 fully saturated rings. The number of benzene rings is 2. The molecule has 0 bridgehead atoms. The summed E-state index contributed by atoms with van der Waals surface area (Å²) in [4.78, 5) is 37.4. The van der Waals surface area contributed by atoms with E-state index in [1.54, 1.807) is 12.1 Å². The summed E-state index contributed by atoms with van der Waals surface area (Å²) in [5.74, 6) is 0.589. The van der Waals surface area contributed by atoms with E-state index in [1.165, 1.54) is 5.56 Å². The number of carbonyl (C=O) groups excluding carboxylic acids is 3. The molecule has 3 rings (SSSR count). The predicted molar refractivity (Wildman–Crippen MR) is 174 cm³/mol. The Morgan fingerprint density at radius 3 is 1.68 bits per heavy atom. The van der Waals surface area contributed by atoms with Crippen molar-refractivity contribution in [2.24, 2.45) is 16.2 Å². The summed E-state index contributed by atoms with van der Waals surface area (Å²) in [5.41, 5.74) is 1.62. The second-order valence-corrected chi connectivity index (χ2v) is 15.9. The summed E-state index contributed by atoms with van der Waals surface area (Å²) in [6.45, 7) is 18.0. The van der Waals surface area contributed by atoms with Gasteiger partial charge in [-0.25, -0.2) is 0 Å². The van der Waals surface area contributed by atoms with Gasteiger partial charge in [0.1, 0.15) is 17.2 Å². The van der Waals surface area contributed by atoms with Crippen molar-refractivity contribution in [2.75, 3.05) is 0 Å². The number of esters is 3. The van der Waals surface area contributed by atoms with Gasteiger partial charge in [0, 0.05) is 18.2 Å². The van der Waals surface area contributed by atoms with Crippen molar-refractivity contribution >= 4 is 17.9 Å². The fourth-order valence-electron chi connectivity index (χ4n) is 5.28. The molecule has 0 saturated carbocycles. The van der Waals surface area contributed by atoms with Crippen LogP contribution >= 0.6 is 0 Å². The third kappa shape index (κ3) is 13.2. The molecular formula is C37H53NO6. The summed E-state index contributed by atoms with van der Waals surface area (Å²) in [6, 6.07) is 13.8. The normalized spacial score (nSPS) is 17.3. The molecule has 7 heteroatoms. The highest BCUT2D eigenvalue weighted by Gasteiger charge is 2.26. The zero-order valence-corrected chi connectivity index (χ0v) is 28.3. The highest BCUT2D eigenvalue weighted by Crippen LogP contribution is 2.31. The van der Waals surface area contributed by atoms with Crippen molar-refractivity contribution in [2.45, 2.75) is 126 Å². The van der Waals surface area contributed by atoms with E-state index in [4.69, 9.17) is 14.2 Å². The minimum Gasteiger partial charge on any atom is -0.427 e. The number of ether oxygens (including phenoxy) is 3. The van der Waals surface area contributed by atoms with Gasteiger partial charge in [0.25, 0.3) is 0 Å². The molecule has 1 aliphatic rings. The molecule has 1 aliphatic heterocycles. The van der Waals surface area contributed by atoms with Crippen LogP contribution in [0.4, 0.5) is 0 Å². The third-order valence-corrected chi connectivity index (χ3v) is 7.26. The molecule has 7 nitrogen and oxygen atoms in total. The van der Waals surface area contributed by atoms with E-state index in [-0.39, 0.29) is 53.0 Å². The highest BCUT2D eigenvalue weighted by atomic mass is 16.5. The van der Waals surface area contributed by atoms with Crippen LogP contribution < -0.4 is 19.5 Å². The average Bonchev–Trinajstić information content (AvgIpc) is 3.29. The summed E-state index contributed by atoms with van der Waals surface area (Å²) in [6.07, 6.45) is 5.65. The summed E-state index contributed by atoms with van der Waals surface area (Å²) in [5, 5.41) is 3.77. The fourth-order valence-corrected chi connectivity index (χ4v) is 5.28.